The third kappa shape index (κ3) is 8.26. The molecule has 1 N–H and O–H groups in total. The molecule has 126 valence electrons. The van der Waals surface area contributed by atoms with Crippen molar-refractivity contribution in [3.05, 3.63) is 47.7 Å². The maximum atomic E-state index is 3.90. The second-order valence-electron chi connectivity index (χ2n) is 6.46. The van der Waals surface area contributed by atoms with Crippen LogP contribution in [0.15, 0.2) is 36.5 Å². The van der Waals surface area contributed by atoms with Crippen LogP contribution in [-0.4, -0.2) is 6.04 Å². The van der Waals surface area contributed by atoms with Crippen LogP contribution in [0.25, 0.3) is 0 Å². The molecule has 0 saturated heterocycles. The van der Waals surface area contributed by atoms with Gasteiger partial charge >= 0.3 is 0 Å². The first kappa shape index (κ1) is 20.8. The first-order valence-electron chi connectivity index (χ1n) is 8.85. The molecule has 1 aromatic rings. The summed E-state index contributed by atoms with van der Waals surface area (Å²) in [5.74, 6) is 1.67. The van der Waals surface area contributed by atoms with E-state index < -0.39 is 0 Å². The molecule has 1 aliphatic rings. The third-order valence-electron chi connectivity index (χ3n) is 4.31. The summed E-state index contributed by atoms with van der Waals surface area (Å²) in [5.41, 5.74) is 3.79. The molecule has 1 saturated carbocycles. The molecule has 0 aromatic heterocycles. The van der Waals surface area contributed by atoms with Gasteiger partial charge in [0.15, 0.2) is 0 Å². The summed E-state index contributed by atoms with van der Waals surface area (Å²) in [6, 6.07) is 9.12. The van der Waals surface area contributed by atoms with Crippen molar-refractivity contribution in [2.75, 3.05) is 0 Å². The Morgan fingerprint density at radius 3 is 2.05 bits per heavy atom. The minimum Gasteiger partial charge on any atom is -0.386 e. The van der Waals surface area contributed by atoms with Gasteiger partial charge in [-0.15, -0.1) is 0 Å². The van der Waals surface area contributed by atoms with Gasteiger partial charge in [0.25, 0.3) is 0 Å². The number of aryl methyl sites for hydroxylation is 2. The molecular formula is C21H37N. The summed E-state index contributed by atoms with van der Waals surface area (Å²) >= 11 is 0. The number of rotatable bonds is 2. The second-order valence-corrected chi connectivity index (χ2v) is 6.46. The van der Waals surface area contributed by atoms with Gasteiger partial charge in [-0.25, -0.2) is 0 Å². The van der Waals surface area contributed by atoms with Gasteiger partial charge in [-0.2, -0.15) is 0 Å². The minimum atomic E-state index is 0.672. The first-order chi connectivity index (χ1) is 10.4. The van der Waals surface area contributed by atoms with Crippen LogP contribution in [-0.2, 0) is 0 Å². The van der Waals surface area contributed by atoms with E-state index in [-0.39, 0.29) is 0 Å². The molecule has 3 atom stereocenters. The van der Waals surface area contributed by atoms with Crippen LogP contribution in [0.1, 0.15) is 65.0 Å². The highest BCUT2D eigenvalue weighted by Gasteiger charge is 2.26. The van der Waals surface area contributed by atoms with Crippen LogP contribution in [0.5, 0.6) is 0 Å². The lowest BCUT2D eigenvalue weighted by molar-refractivity contribution is 0.217. The Bertz CT molecular complexity index is 404. The Labute approximate surface area is 139 Å². The Morgan fingerprint density at radius 2 is 1.64 bits per heavy atom. The van der Waals surface area contributed by atoms with Gasteiger partial charge in [-0.1, -0.05) is 82.5 Å². The van der Waals surface area contributed by atoms with Crippen LogP contribution >= 0.6 is 0 Å². The van der Waals surface area contributed by atoms with Crippen molar-refractivity contribution in [2.24, 2.45) is 11.8 Å². The van der Waals surface area contributed by atoms with E-state index in [1.54, 1.807) is 0 Å². The first-order valence-corrected chi connectivity index (χ1v) is 8.85. The van der Waals surface area contributed by atoms with Crippen molar-refractivity contribution in [2.45, 2.75) is 73.8 Å². The summed E-state index contributed by atoms with van der Waals surface area (Å²) in [6.07, 6.45) is 4.09. The molecular weight excluding hydrogens is 266 g/mol. The van der Waals surface area contributed by atoms with Crippen molar-refractivity contribution < 1.29 is 0 Å². The maximum absolute atomic E-state index is 3.90. The van der Waals surface area contributed by atoms with Crippen molar-refractivity contribution in [3.8, 4) is 0 Å². The number of allylic oxidation sites excluding steroid dienone is 1. The van der Waals surface area contributed by atoms with E-state index >= 15 is 0 Å². The molecule has 0 bridgehead atoms. The fourth-order valence-electron chi connectivity index (χ4n) is 2.91. The number of hydrogen-bond donors (Lipinski definition) is 1. The largest absolute Gasteiger partial charge is 0.386 e. The van der Waals surface area contributed by atoms with Crippen LogP contribution < -0.4 is 5.32 Å². The Kier molecular flexibility index (Phi) is 10.7. The quantitative estimate of drug-likeness (QED) is 0.679. The van der Waals surface area contributed by atoms with Crippen molar-refractivity contribution in [1.29, 1.82) is 0 Å². The number of benzene rings is 1. The van der Waals surface area contributed by atoms with E-state index in [4.69, 9.17) is 0 Å². The van der Waals surface area contributed by atoms with Gasteiger partial charge in [-0.05, 0) is 39.0 Å². The highest BCUT2D eigenvalue weighted by molar-refractivity contribution is 5.20. The third-order valence-corrected chi connectivity index (χ3v) is 4.31. The van der Waals surface area contributed by atoms with E-state index in [9.17, 15) is 0 Å². The molecule has 3 unspecified atom stereocenters. The standard InChI is InChI=1S/C11H21N.C8H10.C2H6/c1-8(2)12-11-7-5-6-9(3)10(11)4;1-7-4-3-5-8(2)6-7;1-2/h9-12H,1,5-7H2,2-4H3;3-6H,1-2H3;1-2H3. The summed E-state index contributed by atoms with van der Waals surface area (Å²) in [4.78, 5) is 0. The lowest BCUT2D eigenvalue weighted by Crippen LogP contribution is -2.39. The average molecular weight is 304 g/mol. The average Bonchev–Trinajstić information content (AvgIpc) is 2.46. The van der Waals surface area contributed by atoms with E-state index in [1.807, 2.05) is 20.8 Å². The van der Waals surface area contributed by atoms with Gasteiger partial charge in [0.1, 0.15) is 0 Å². The summed E-state index contributed by atoms with van der Waals surface area (Å²) in [7, 11) is 0. The van der Waals surface area contributed by atoms with Gasteiger partial charge in [0, 0.05) is 11.7 Å². The van der Waals surface area contributed by atoms with Crippen LogP contribution in [0.3, 0.4) is 0 Å². The topological polar surface area (TPSA) is 12.0 Å². The SMILES string of the molecule is C=C(C)NC1CCCC(C)C1C.CC.Cc1cccc(C)c1. The Morgan fingerprint density at radius 1 is 1.09 bits per heavy atom. The van der Waals surface area contributed by atoms with Crippen LogP contribution in [0, 0.1) is 25.7 Å². The molecule has 0 radical (unpaired) electrons. The predicted octanol–water partition coefficient (Wildman–Crippen LogP) is 6.26. The molecule has 1 aliphatic carbocycles. The summed E-state index contributed by atoms with van der Waals surface area (Å²) in [6.45, 7) is 18.9. The zero-order valence-corrected chi connectivity index (χ0v) is 15.9. The Balaban J connectivity index is 0.000000382. The van der Waals surface area contributed by atoms with Gasteiger partial charge in [0.2, 0.25) is 0 Å². The smallest absolute Gasteiger partial charge is 0.0286 e. The number of nitrogens with one attached hydrogen (secondary N) is 1. The highest BCUT2D eigenvalue weighted by Crippen LogP contribution is 2.29. The van der Waals surface area contributed by atoms with E-state index in [0.717, 1.165) is 17.5 Å². The Hall–Kier alpha value is -1.24. The fourth-order valence-corrected chi connectivity index (χ4v) is 2.91. The molecule has 0 amide bonds. The number of hydrogen-bond acceptors (Lipinski definition) is 1. The van der Waals surface area contributed by atoms with Crippen molar-refractivity contribution >= 4 is 0 Å². The lowest BCUT2D eigenvalue weighted by Gasteiger charge is -2.35. The predicted molar refractivity (Wildman–Crippen MR) is 101 cm³/mol. The van der Waals surface area contributed by atoms with Crippen LogP contribution in [0.4, 0.5) is 0 Å². The highest BCUT2D eigenvalue weighted by atomic mass is 14.9. The lowest BCUT2D eigenvalue weighted by atomic mass is 9.78. The molecule has 2 rings (SSSR count). The van der Waals surface area contributed by atoms with Crippen molar-refractivity contribution in [3.63, 3.8) is 0 Å². The molecule has 1 nitrogen and oxygen atoms in total. The maximum Gasteiger partial charge on any atom is 0.0286 e. The second kappa shape index (κ2) is 11.3. The molecule has 1 aromatic carbocycles. The molecule has 0 aliphatic heterocycles. The zero-order chi connectivity index (χ0) is 17.1. The van der Waals surface area contributed by atoms with E-state index in [1.165, 1.54) is 30.4 Å². The molecule has 1 heteroatoms. The van der Waals surface area contributed by atoms with E-state index in [2.05, 4.69) is 63.9 Å². The summed E-state index contributed by atoms with van der Waals surface area (Å²) in [5, 5.41) is 3.47. The molecule has 0 heterocycles. The van der Waals surface area contributed by atoms with Crippen LogP contribution in [0.2, 0.25) is 0 Å². The molecule has 0 spiro atoms. The monoisotopic (exact) mass is 303 g/mol. The van der Waals surface area contributed by atoms with Crippen molar-refractivity contribution in [1.82, 2.24) is 5.32 Å². The zero-order valence-electron chi connectivity index (χ0n) is 15.9. The molecule has 22 heavy (non-hydrogen) atoms. The normalized spacial score (nSPS) is 23.3. The van der Waals surface area contributed by atoms with Gasteiger partial charge in [0.05, 0.1) is 0 Å². The summed E-state index contributed by atoms with van der Waals surface area (Å²) < 4.78 is 0. The van der Waals surface area contributed by atoms with E-state index in [0.29, 0.717) is 6.04 Å². The fraction of sp³-hybridized carbons (Fsp3) is 0.619. The van der Waals surface area contributed by atoms with Gasteiger partial charge < -0.3 is 5.32 Å². The minimum absolute atomic E-state index is 0.672. The molecule has 1 fully saturated rings. The van der Waals surface area contributed by atoms with Gasteiger partial charge in [-0.3, -0.25) is 0 Å².